The molecule has 0 atom stereocenters. The van der Waals surface area contributed by atoms with Crippen LogP contribution >= 0.6 is 22.9 Å². The monoisotopic (exact) mass is 309 g/mol. The van der Waals surface area contributed by atoms with Crippen LogP contribution in [0.25, 0.3) is 10.1 Å². The fourth-order valence-electron chi connectivity index (χ4n) is 2.44. The summed E-state index contributed by atoms with van der Waals surface area (Å²) in [7, 11) is 0. The number of amides is 1. The molecule has 1 fully saturated rings. The van der Waals surface area contributed by atoms with E-state index in [2.05, 4.69) is 5.32 Å². The highest BCUT2D eigenvalue weighted by Gasteiger charge is 2.22. The zero-order valence-corrected chi connectivity index (χ0v) is 12.6. The van der Waals surface area contributed by atoms with Crippen molar-refractivity contribution in [2.45, 2.75) is 6.42 Å². The number of halogens is 1. The van der Waals surface area contributed by atoms with Crippen LogP contribution in [0.4, 0.5) is 5.69 Å². The molecule has 3 N–H and O–H groups in total. The van der Waals surface area contributed by atoms with E-state index in [9.17, 15) is 4.79 Å². The Morgan fingerprint density at radius 1 is 1.35 bits per heavy atom. The van der Waals surface area contributed by atoms with Crippen molar-refractivity contribution in [1.82, 2.24) is 10.2 Å². The summed E-state index contributed by atoms with van der Waals surface area (Å²) in [6.07, 6.45) is 0.975. The predicted octanol–water partition coefficient (Wildman–Crippen LogP) is 2.57. The summed E-state index contributed by atoms with van der Waals surface area (Å²) in [5.41, 5.74) is 6.71. The van der Waals surface area contributed by atoms with Crippen molar-refractivity contribution in [3.8, 4) is 0 Å². The number of anilines is 1. The Balaban J connectivity index is 1.96. The molecule has 106 valence electrons. The molecule has 0 aliphatic carbocycles. The molecule has 3 rings (SSSR count). The summed E-state index contributed by atoms with van der Waals surface area (Å²) in [5.74, 6) is 0.0310. The van der Waals surface area contributed by atoms with Gasteiger partial charge in [-0.2, -0.15) is 0 Å². The number of hydrogen-bond donors (Lipinski definition) is 2. The second kappa shape index (κ2) is 5.60. The van der Waals surface area contributed by atoms with Crippen LogP contribution in [-0.4, -0.2) is 37.0 Å². The summed E-state index contributed by atoms with van der Waals surface area (Å²) in [6.45, 7) is 3.30. The Morgan fingerprint density at radius 3 is 3.05 bits per heavy atom. The van der Waals surface area contributed by atoms with Crippen molar-refractivity contribution in [2.24, 2.45) is 0 Å². The highest BCUT2D eigenvalue weighted by atomic mass is 35.5. The van der Waals surface area contributed by atoms with Gasteiger partial charge in [-0.25, -0.2) is 0 Å². The number of hydrogen-bond acceptors (Lipinski definition) is 4. The normalized spacial score (nSPS) is 16.4. The van der Waals surface area contributed by atoms with E-state index >= 15 is 0 Å². The molecule has 2 heterocycles. The smallest absolute Gasteiger partial charge is 0.266 e. The van der Waals surface area contributed by atoms with E-state index in [1.54, 1.807) is 6.07 Å². The third-order valence-electron chi connectivity index (χ3n) is 3.51. The number of carbonyl (C=O) groups excluding carboxylic acids is 1. The Bertz CT molecular complexity index is 647. The number of benzene rings is 1. The van der Waals surface area contributed by atoms with Gasteiger partial charge in [0, 0.05) is 34.7 Å². The minimum absolute atomic E-state index is 0.0310. The number of fused-ring (bicyclic) bond motifs is 1. The molecule has 20 heavy (non-hydrogen) atoms. The van der Waals surface area contributed by atoms with Crippen LogP contribution < -0.4 is 11.1 Å². The third kappa shape index (κ3) is 2.49. The highest BCUT2D eigenvalue weighted by molar-refractivity contribution is 7.21. The number of rotatable bonds is 1. The standard InChI is InChI=1S/C14H16ClN3OS/c15-9-2-3-10-11(8-9)20-13(12(10)16)14(19)18-6-1-4-17-5-7-18/h2-3,8,17H,1,4-7,16H2. The molecule has 1 aliphatic heterocycles. The van der Waals surface area contributed by atoms with E-state index in [1.165, 1.54) is 11.3 Å². The Hall–Kier alpha value is -1.30. The van der Waals surface area contributed by atoms with Crippen molar-refractivity contribution in [3.63, 3.8) is 0 Å². The van der Waals surface area contributed by atoms with Gasteiger partial charge in [-0.1, -0.05) is 11.6 Å². The van der Waals surface area contributed by atoms with Crippen LogP contribution in [0.5, 0.6) is 0 Å². The predicted molar refractivity (Wildman–Crippen MR) is 84.6 cm³/mol. The van der Waals surface area contributed by atoms with Crippen molar-refractivity contribution in [3.05, 3.63) is 28.1 Å². The van der Waals surface area contributed by atoms with Crippen LogP contribution in [-0.2, 0) is 0 Å². The molecule has 6 heteroatoms. The van der Waals surface area contributed by atoms with Gasteiger partial charge < -0.3 is 16.0 Å². The average molecular weight is 310 g/mol. The summed E-state index contributed by atoms with van der Waals surface area (Å²) in [6, 6.07) is 5.54. The van der Waals surface area contributed by atoms with Gasteiger partial charge in [0.2, 0.25) is 0 Å². The molecule has 1 aromatic carbocycles. The maximum Gasteiger partial charge on any atom is 0.266 e. The summed E-state index contributed by atoms with van der Waals surface area (Å²) >= 11 is 7.42. The van der Waals surface area contributed by atoms with Gasteiger partial charge in [0.05, 0.1) is 5.69 Å². The summed E-state index contributed by atoms with van der Waals surface area (Å²) in [5, 5.41) is 4.87. The topological polar surface area (TPSA) is 58.4 Å². The van der Waals surface area contributed by atoms with E-state index in [4.69, 9.17) is 17.3 Å². The molecule has 1 amide bonds. The number of nitrogens with two attached hydrogens (primary N) is 1. The maximum absolute atomic E-state index is 12.6. The van der Waals surface area contributed by atoms with Gasteiger partial charge in [0.25, 0.3) is 5.91 Å². The highest BCUT2D eigenvalue weighted by Crippen LogP contribution is 2.35. The molecule has 0 radical (unpaired) electrons. The summed E-state index contributed by atoms with van der Waals surface area (Å²) in [4.78, 5) is 15.1. The first-order valence-electron chi connectivity index (χ1n) is 6.64. The van der Waals surface area contributed by atoms with Crippen molar-refractivity contribution >= 4 is 44.6 Å². The lowest BCUT2D eigenvalue weighted by molar-refractivity contribution is 0.0772. The summed E-state index contributed by atoms with van der Waals surface area (Å²) < 4.78 is 0.964. The largest absolute Gasteiger partial charge is 0.397 e. The quantitative estimate of drug-likeness (QED) is 0.851. The molecule has 1 aromatic heterocycles. The van der Waals surface area contributed by atoms with Crippen molar-refractivity contribution < 1.29 is 4.79 Å². The van der Waals surface area contributed by atoms with Crippen molar-refractivity contribution in [2.75, 3.05) is 31.9 Å². The Kier molecular flexibility index (Phi) is 3.83. The van der Waals surface area contributed by atoms with Crippen molar-refractivity contribution in [1.29, 1.82) is 0 Å². The molecule has 0 bridgehead atoms. The van der Waals surface area contributed by atoms with Crippen LogP contribution in [0.3, 0.4) is 0 Å². The lowest BCUT2D eigenvalue weighted by atomic mass is 10.2. The van der Waals surface area contributed by atoms with Crippen LogP contribution in [0.15, 0.2) is 18.2 Å². The molecule has 0 saturated carbocycles. The van der Waals surface area contributed by atoms with E-state index in [0.29, 0.717) is 15.6 Å². The van der Waals surface area contributed by atoms with Gasteiger partial charge in [-0.15, -0.1) is 11.3 Å². The zero-order chi connectivity index (χ0) is 14.1. The second-order valence-electron chi connectivity index (χ2n) is 4.88. The van der Waals surface area contributed by atoms with Gasteiger partial charge in [0.1, 0.15) is 4.88 Å². The molecule has 1 saturated heterocycles. The second-order valence-corrected chi connectivity index (χ2v) is 6.37. The lowest BCUT2D eigenvalue weighted by Gasteiger charge is -2.19. The fourth-order valence-corrected chi connectivity index (χ4v) is 3.81. The Morgan fingerprint density at radius 2 is 2.20 bits per heavy atom. The lowest BCUT2D eigenvalue weighted by Crippen LogP contribution is -2.34. The molecular weight excluding hydrogens is 294 g/mol. The number of nitrogens with one attached hydrogen (secondary N) is 1. The molecule has 0 unspecified atom stereocenters. The SMILES string of the molecule is Nc1c(C(=O)N2CCCNCC2)sc2cc(Cl)ccc12. The molecule has 0 spiro atoms. The first kappa shape index (κ1) is 13.7. The van der Waals surface area contributed by atoms with Crippen LogP contribution in [0.1, 0.15) is 16.1 Å². The number of thiophene rings is 1. The van der Waals surface area contributed by atoms with E-state index < -0.39 is 0 Å². The van der Waals surface area contributed by atoms with Gasteiger partial charge in [-0.05, 0) is 31.2 Å². The minimum atomic E-state index is 0.0310. The zero-order valence-electron chi connectivity index (χ0n) is 11.0. The fraction of sp³-hybridized carbons (Fsp3) is 0.357. The molecule has 2 aromatic rings. The number of carbonyl (C=O) groups is 1. The van der Waals surface area contributed by atoms with Gasteiger partial charge in [0.15, 0.2) is 0 Å². The Labute approximate surface area is 126 Å². The van der Waals surface area contributed by atoms with E-state index in [-0.39, 0.29) is 5.91 Å². The average Bonchev–Trinajstić information content (AvgIpc) is 2.65. The first-order valence-corrected chi connectivity index (χ1v) is 7.84. The maximum atomic E-state index is 12.6. The van der Waals surface area contributed by atoms with Gasteiger partial charge in [-0.3, -0.25) is 4.79 Å². The van der Waals surface area contributed by atoms with Crippen LogP contribution in [0.2, 0.25) is 5.02 Å². The minimum Gasteiger partial charge on any atom is -0.397 e. The number of nitrogen functional groups attached to an aromatic ring is 1. The molecule has 4 nitrogen and oxygen atoms in total. The van der Waals surface area contributed by atoms with E-state index in [1.807, 2.05) is 17.0 Å². The van der Waals surface area contributed by atoms with Crippen LogP contribution in [0, 0.1) is 0 Å². The molecular formula is C14H16ClN3OS. The molecule has 1 aliphatic rings. The van der Waals surface area contributed by atoms with E-state index in [0.717, 1.165) is 42.7 Å². The van der Waals surface area contributed by atoms with Gasteiger partial charge >= 0.3 is 0 Å². The number of nitrogens with zero attached hydrogens (tertiary/aromatic N) is 1. The third-order valence-corrected chi connectivity index (χ3v) is 4.90. The first-order chi connectivity index (χ1) is 9.66.